The molecule has 0 saturated heterocycles. The highest BCUT2D eigenvalue weighted by atomic mass is 16.3. The van der Waals surface area contributed by atoms with Crippen molar-refractivity contribution in [3.63, 3.8) is 0 Å². The van der Waals surface area contributed by atoms with Crippen LogP contribution in [-0.2, 0) is 18.3 Å². The number of hydrogen-bond donors (Lipinski definition) is 1. The van der Waals surface area contributed by atoms with E-state index in [1.807, 2.05) is 20.0 Å². The molecule has 1 aromatic heterocycles. The van der Waals surface area contributed by atoms with Crippen LogP contribution in [0.3, 0.4) is 0 Å². The lowest BCUT2D eigenvalue weighted by atomic mass is 9.80. The number of carbonyl (C=O) groups is 1. The van der Waals surface area contributed by atoms with Gasteiger partial charge in [0.05, 0.1) is 12.1 Å². The van der Waals surface area contributed by atoms with Crippen molar-refractivity contribution in [1.82, 2.24) is 9.78 Å². The summed E-state index contributed by atoms with van der Waals surface area (Å²) in [6.45, 7) is 1.91. The van der Waals surface area contributed by atoms with Crippen molar-refractivity contribution in [2.24, 2.45) is 7.05 Å². The van der Waals surface area contributed by atoms with E-state index in [-0.39, 0.29) is 12.2 Å². The third-order valence-electron chi connectivity index (χ3n) is 3.64. The zero-order valence-electron chi connectivity index (χ0n) is 10.6. The Morgan fingerprint density at radius 3 is 2.65 bits per heavy atom. The SMILES string of the molecule is Cc1cc(CC(=O)C2(O)CCCCC2)n(C)n1. The van der Waals surface area contributed by atoms with Crippen LogP contribution in [0, 0.1) is 6.92 Å². The van der Waals surface area contributed by atoms with Crippen molar-refractivity contribution in [2.75, 3.05) is 0 Å². The summed E-state index contributed by atoms with van der Waals surface area (Å²) < 4.78 is 1.72. The first-order valence-corrected chi connectivity index (χ1v) is 6.26. The summed E-state index contributed by atoms with van der Waals surface area (Å²) in [5.41, 5.74) is 0.702. The van der Waals surface area contributed by atoms with Crippen LogP contribution in [0.4, 0.5) is 0 Å². The zero-order valence-corrected chi connectivity index (χ0v) is 10.6. The van der Waals surface area contributed by atoms with E-state index in [2.05, 4.69) is 5.10 Å². The molecule has 17 heavy (non-hydrogen) atoms. The lowest BCUT2D eigenvalue weighted by molar-refractivity contribution is -0.139. The third-order valence-corrected chi connectivity index (χ3v) is 3.64. The van der Waals surface area contributed by atoms with Gasteiger partial charge in [-0.1, -0.05) is 19.3 Å². The van der Waals surface area contributed by atoms with Crippen LogP contribution in [0.25, 0.3) is 0 Å². The lowest BCUT2D eigenvalue weighted by Crippen LogP contribution is -2.41. The Labute approximate surface area is 102 Å². The second-order valence-corrected chi connectivity index (χ2v) is 5.09. The third kappa shape index (κ3) is 2.57. The van der Waals surface area contributed by atoms with Crippen LogP contribution in [0.2, 0.25) is 0 Å². The standard InChI is InChI=1S/C13H20N2O2/c1-10-8-11(15(2)14-10)9-12(16)13(17)6-4-3-5-7-13/h8,17H,3-7,9H2,1-2H3. The smallest absolute Gasteiger partial charge is 0.170 e. The van der Waals surface area contributed by atoms with Crippen molar-refractivity contribution < 1.29 is 9.90 Å². The topological polar surface area (TPSA) is 55.1 Å². The number of aryl methyl sites for hydroxylation is 2. The van der Waals surface area contributed by atoms with E-state index in [1.165, 1.54) is 0 Å². The molecule has 1 fully saturated rings. The van der Waals surface area contributed by atoms with Gasteiger partial charge < -0.3 is 5.11 Å². The largest absolute Gasteiger partial charge is 0.382 e. The molecule has 4 heteroatoms. The summed E-state index contributed by atoms with van der Waals surface area (Å²) >= 11 is 0. The molecule has 0 radical (unpaired) electrons. The fourth-order valence-corrected chi connectivity index (χ4v) is 2.57. The second kappa shape index (κ2) is 4.61. The highest BCUT2D eigenvalue weighted by Crippen LogP contribution is 2.29. The van der Waals surface area contributed by atoms with Gasteiger partial charge in [0.15, 0.2) is 5.78 Å². The number of rotatable bonds is 3. The van der Waals surface area contributed by atoms with Gasteiger partial charge in [-0.05, 0) is 25.8 Å². The number of ketones is 1. The van der Waals surface area contributed by atoms with Gasteiger partial charge in [-0.25, -0.2) is 0 Å². The molecule has 1 aromatic rings. The summed E-state index contributed by atoms with van der Waals surface area (Å²) in [6, 6.07) is 1.91. The molecule has 1 saturated carbocycles. The number of nitrogens with zero attached hydrogens (tertiary/aromatic N) is 2. The summed E-state index contributed by atoms with van der Waals surface area (Å²) in [4.78, 5) is 12.2. The van der Waals surface area contributed by atoms with E-state index in [0.29, 0.717) is 12.8 Å². The average molecular weight is 236 g/mol. The minimum absolute atomic E-state index is 0.0554. The van der Waals surface area contributed by atoms with E-state index in [0.717, 1.165) is 30.7 Å². The van der Waals surface area contributed by atoms with Gasteiger partial charge in [-0.3, -0.25) is 9.48 Å². The molecule has 0 spiro atoms. The maximum atomic E-state index is 12.2. The number of carbonyl (C=O) groups excluding carboxylic acids is 1. The van der Waals surface area contributed by atoms with E-state index < -0.39 is 5.60 Å². The predicted molar refractivity (Wildman–Crippen MR) is 64.7 cm³/mol. The summed E-state index contributed by atoms with van der Waals surface area (Å²) in [7, 11) is 1.83. The average Bonchev–Trinajstić information content (AvgIpc) is 2.58. The Hall–Kier alpha value is -1.16. The highest BCUT2D eigenvalue weighted by molar-refractivity contribution is 5.88. The van der Waals surface area contributed by atoms with Gasteiger partial charge >= 0.3 is 0 Å². The zero-order chi connectivity index (χ0) is 12.5. The van der Waals surface area contributed by atoms with Crippen LogP contribution in [0.5, 0.6) is 0 Å². The molecule has 4 nitrogen and oxygen atoms in total. The molecule has 1 aliphatic carbocycles. The first kappa shape index (κ1) is 12.3. The number of aromatic nitrogens is 2. The molecule has 94 valence electrons. The monoisotopic (exact) mass is 236 g/mol. The molecule has 1 aliphatic rings. The van der Waals surface area contributed by atoms with E-state index in [1.54, 1.807) is 4.68 Å². The number of Topliss-reactive ketones (excluding diaryl/α,β-unsaturated/α-hetero) is 1. The Balaban J connectivity index is 2.08. The molecule has 0 atom stereocenters. The van der Waals surface area contributed by atoms with Crippen LogP contribution in [0.1, 0.15) is 43.5 Å². The Morgan fingerprint density at radius 2 is 2.12 bits per heavy atom. The molecule has 0 amide bonds. The van der Waals surface area contributed by atoms with Gasteiger partial charge in [0.25, 0.3) is 0 Å². The molecule has 1 heterocycles. The maximum Gasteiger partial charge on any atom is 0.170 e. The Morgan fingerprint density at radius 1 is 1.47 bits per heavy atom. The fourth-order valence-electron chi connectivity index (χ4n) is 2.57. The molecule has 0 aromatic carbocycles. The van der Waals surface area contributed by atoms with Crippen LogP contribution >= 0.6 is 0 Å². The normalized spacial score (nSPS) is 19.2. The van der Waals surface area contributed by atoms with Crippen molar-refractivity contribution in [3.8, 4) is 0 Å². The van der Waals surface area contributed by atoms with Crippen LogP contribution < -0.4 is 0 Å². The molecule has 1 N–H and O–H groups in total. The number of aliphatic hydroxyl groups is 1. The summed E-state index contributed by atoms with van der Waals surface area (Å²) in [6.07, 6.45) is 4.54. The molecular weight excluding hydrogens is 216 g/mol. The van der Waals surface area contributed by atoms with Gasteiger partial charge in [0.1, 0.15) is 5.60 Å². The summed E-state index contributed by atoms with van der Waals surface area (Å²) in [5.74, 6) is -0.0554. The van der Waals surface area contributed by atoms with E-state index >= 15 is 0 Å². The van der Waals surface area contributed by atoms with Gasteiger partial charge in [-0.15, -0.1) is 0 Å². The molecular formula is C13H20N2O2. The van der Waals surface area contributed by atoms with Crippen molar-refractivity contribution >= 4 is 5.78 Å². The van der Waals surface area contributed by atoms with E-state index in [4.69, 9.17) is 0 Å². The van der Waals surface area contributed by atoms with Gasteiger partial charge in [-0.2, -0.15) is 5.10 Å². The van der Waals surface area contributed by atoms with Crippen molar-refractivity contribution in [2.45, 2.75) is 51.0 Å². The van der Waals surface area contributed by atoms with Gasteiger partial charge in [0.2, 0.25) is 0 Å². The van der Waals surface area contributed by atoms with Crippen LogP contribution in [-0.4, -0.2) is 26.3 Å². The summed E-state index contributed by atoms with van der Waals surface area (Å²) in [5, 5.41) is 14.5. The predicted octanol–water partition coefficient (Wildman–Crippen LogP) is 1.54. The maximum absolute atomic E-state index is 12.2. The highest BCUT2D eigenvalue weighted by Gasteiger charge is 2.36. The first-order valence-electron chi connectivity index (χ1n) is 6.26. The van der Waals surface area contributed by atoms with Crippen molar-refractivity contribution in [1.29, 1.82) is 0 Å². The minimum atomic E-state index is -1.09. The Kier molecular flexibility index (Phi) is 3.33. The molecule has 2 rings (SSSR count). The van der Waals surface area contributed by atoms with Gasteiger partial charge in [0, 0.05) is 12.7 Å². The van der Waals surface area contributed by atoms with Crippen molar-refractivity contribution in [3.05, 3.63) is 17.5 Å². The molecule has 0 bridgehead atoms. The van der Waals surface area contributed by atoms with E-state index in [9.17, 15) is 9.90 Å². The van der Waals surface area contributed by atoms with Crippen LogP contribution in [0.15, 0.2) is 6.07 Å². The Bertz CT molecular complexity index is 417. The minimum Gasteiger partial charge on any atom is -0.382 e. The quantitative estimate of drug-likeness (QED) is 0.866. The lowest BCUT2D eigenvalue weighted by Gasteiger charge is -2.30. The fraction of sp³-hybridized carbons (Fsp3) is 0.692. The molecule has 0 aliphatic heterocycles. The number of hydrogen-bond acceptors (Lipinski definition) is 3. The first-order chi connectivity index (χ1) is 8.01. The molecule has 0 unspecified atom stereocenters. The second-order valence-electron chi connectivity index (χ2n) is 5.09.